The molecule has 0 N–H and O–H groups in total. The fourth-order valence-electron chi connectivity index (χ4n) is 9.22. The number of furan rings is 1. The molecule has 11 rings (SSSR count). The molecule has 9 aromatic carbocycles. The van der Waals surface area contributed by atoms with Crippen LogP contribution in [0.2, 0.25) is 0 Å². The maximum absolute atomic E-state index is 6.64. The molecule has 0 atom stereocenters. The van der Waals surface area contributed by atoms with Crippen LogP contribution in [-0.2, 0) is 5.41 Å². The van der Waals surface area contributed by atoms with Gasteiger partial charge in [-0.2, -0.15) is 0 Å². The van der Waals surface area contributed by atoms with E-state index in [1.165, 1.54) is 82.6 Å². The van der Waals surface area contributed by atoms with Gasteiger partial charge < -0.3 is 4.42 Å². The highest BCUT2D eigenvalue weighted by atomic mass is 16.3. The van der Waals surface area contributed by atoms with E-state index in [-0.39, 0.29) is 5.41 Å². The molecule has 1 nitrogen and oxygen atoms in total. The molecule has 0 fully saturated rings. The topological polar surface area (TPSA) is 13.1 Å². The van der Waals surface area contributed by atoms with Crippen molar-refractivity contribution in [2.45, 2.75) is 19.3 Å². The largest absolute Gasteiger partial charge is 0.455 e. The molecule has 244 valence electrons. The van der Waals surface area contributed by atoms with Gasteiger partial charge in [0.2, 0.25) is 0 Å². The van der Waals surface area contributed by atoms with Crippen molar-refractivity contribution in [3.63, 3.8) is 0 Å². The van der Waals surface area contributed by atoms with Gasteiger partial charge in [-0.05, 0) is 101 Å². The van der Waals surface area contributed by atoms with E-state index in [0.717, 1.165) is 27.3 Å². The fraction of sp³-hybridized carbons (Fsp3) is 0.0588. The smallest absolute Gasteiger partial charge is 0.143 e. The highest BCUT2D eigenvalue weighted by molar-refractivity contribution is 6.27. The van der Waals surface area contributed by atoms with Crippen molar-refractivity contribution in [2.75, 3.05) is 0 Å². The lowest BCUT2D eigenvalue weighted by molar-refractivity contribution is 0.660. The van der Waals surface area contributed by atoms with Crippen LogP contribution in [-0.4, -0.2) is 0 Å². The Bertz CT molecular complexity index is 3030. The summed E-state index contributed by atoms with van der Waals surface area (Å²) in [5.74, 6) is 0. The maximum Gasteiger partial charge on any atom is 0.143 e. The lowest BCUT2D eigenvalue weighted by Gasteiger charge is -2.21. The third kappa shape index (κ3) is 4.05. The van der Waals surface area contributed by atoms with Crippen LogP contribution >= 0.6 is 0 Å². The minimum Gasteiger partial charge on any atom is -0.455 e. The van der Waals surface area contributed by atoms with E-state index in [1.54, 1.807) is 0 Å². The molecule has 0 spiro atoms. The van der Waals surface area contributed by atoms with Crippen molar-refractivity contribution in [1.82, 2.24) is 0 Å². The molecule has 0 amide bonds. The first-order chi connectivity index (χ1) is 25.6. The van der Waals surface area contributed by atoms with E-state index in [2.05, 4.69) is 184 Å². The predicted molar refractivity (Wildman–Crippen MR) is 220 cm³/mol. The Balaban J connectivity index is 1.10. The number of fused-ring (bicyclic) bond motifs is 10. The van der Waals surface area contributed by atoms with Gasteiger partial charge in [0.15, 0.2) is 0 Å². The molecule has 1 heterocycles. The Kier molecular flexibility index (Phi) is 6.08. The van der Waals surface area contributed by atoms with Gasteiger partial charge in [-0.25, -0.2) is 0 Å². The predicted octanol–water partition coefficient (Wildman–Crippen LogP) is 14.4. The van der Waals surface area contributed by atoms with Crippen molar-refractivity contribution in [3.05, 3.63) is 181 Å². The molecular weight excluding hydrogens is 629 g/mol. The molecule has 0 saturated heterocycles. The second-order valence-electron chi connectivity index (χ2n) is 14.8. The highest BCUT2D eigenvalue weighted by Gasteiger charge is 2.35. The van der Waals surface area contributed by atoms with Gasteiger partial charge in [0.05, 0.1) is 0 Å². The summed E-state index contributed by atoms with van der Waals surface area (Å²) < 4.78 is 6.64. The molecule has 0 radical (unpaired) electrons. The Morgan fingerprint density at radius 3 is 1.71 bits per heavy atom. The standard InChI is InChI=1S/C51H34O/c1-51(2)44-20-10-9-14-36(44)43-30-34(27-29-45(43)51)31-22-24-33(25-23-31)47-37-15-5-7-17-39(37)48(40-18-8-6-16-38(40)47)41-19-11-21-46-49(41)42-28-26-32-12-3-4-13-35(32)50(42)52-46/h3-30H,1-2H3. The van der Waals surface area contributed by atoms with Crippen LogP contribution in [0.1, 0.15) is 25.0 Å². The average molecular weight is 663 g/mol. The third-order valence-corrected chi connectivity index (χ3v) is 11.7. The van der Waals surface area contributed by atoms with Gasteiger partial charge in [-0.1, -0.05) is 166 Å². The Morgan fingerprint density at radius 1 is 0.385 bits per heavy atom. The van der Waals surface area contributed by atoms with Crippen LogP contribution in [0.4, 0.5) is 0 Å². The number of hydrogen-bond donors (Lipinski definition) is 0. The summed E-state index contributed by atoms with van der Waals surface area (Å²) in [5.41, 5.74) is 14.8. The zero-order chi connectivity index (χ0) is 34.6. The van der Waals surface area contributed by atoms with Gasteiger partial charge in [-0.3, -0.25) is 0 Å². The quantitative estimate of drug-likeness (QED) is 0.172. The number of hydrogen-bond acceptors (Lipinski definition) is 1. The van der Waals surface area contributed by atoms with E-state index >= 15 is 0 Å². The van der Waals surface area contributed by atoms with Crippen LogP contribution in [0.25, 0.3) is 98.8 Å². The van der Waals surface area contributed by atoms with Gasteiger partial charge in [0.1, 0.15) is 11.2 Å². The lowest BCUT2D eigenvalue weighted by Crippen LogP contribution is -2.14. The molecule has 1 aliphatic rings. The van der Waals surface area contributed by atoms with E-state index in [1.807, 2.05) is 0 Å². The normalized spacial score (nSPS) is 13.3. The Morgan fingerprint density at radius 2 is 0.962 bits per heavy atom. The van der Waals surface area contributed by atoms with Crippen molar-refractivity contribution < 1.29 is 4.42 Å². The summed E-state index contributed by atoms with van der Waals surface area (Å²) >= 11 is 0. The van der Waals surface area contributed by atoms with Crippen LogP contribution in [0, 0.1) is 0 Å². The maximum atomic E-state index is 6.64. The molecule has 0 unspecified atom stereocenters. The van der Waals surface area contributed by atoms with E-state index < -0.39 is 0 Å². The second kappa shape index (κ2) is 10.8. The first-order valence-corrected chi connectivity index (χ1v) is 18.2. The molecule has 0 saturated carbocycles. The molecule has 1 aromatic heterocycles. The molecule has 1 aliphatic carbocycles. The van der Waals surface area contributed by atoms with Crippen LogP contribution in [0.5, 0.6) is 0 Å². The van der Waals surface area contributed by atoms with Crippen molar-refractivity contribution in [2.24, 2.45) is 0 Å². The summed E-state index contributed by atoms with van der Waals surface area (Å²) in [6, 6.07) is 62.4. The van der Waals surface area contributed by atoms with Crippen LogP contribution in [0.3, 0.4) is 0 Å². The minimum atomic E-state index is 0.00715. The summed E-state index contributed by atoms with van der Waals surface area (Å²) in [4.78, 5) is 0. The zero-order valence-corrected chi connectivity index (χ0v) is 29.1. The summed E-state index contributed by atoms with van der Waals surface area (Å²) in [5, 5.41) is 9.61. The first kappa shape index (κ1) is 29.3. The van der Waals surface area contributed by atoms with Crippen LogP contribution < -0.4 is 0 Å². The number of rotatable bonds is 3. The third-order valence-electron chi connectivity index (χ3n) is 11.7. The molecule has 0 aliphatic heterocycles. The summed E-state index contributed by atoms with van der Waals surface area (Å²) in [7, 11) is 0. The van der Waals surface area contributed by atoms with Crippen LogP contribution in [0.15, 0.2) is 174 Å². The summed E-state index contributed by atoms with van der Waals surface area (Å²) in [6.45, 7) is 4.68. The van der Waals surface area contributed by atoms with Gasteiger partial charge >= 0.3 is 0 Å². The Labute approximate surface area is 302 Å². The van der Waals surface area contributed by atoms with E-state index in [9.17, 15) is 0 Å². The molecule has 0 bridgehead atoms. The number of benzene rings is 9. The summed E-state index contributed by atoms with van der Waals surface area (Å²) in [6.07, 6.45) is 0. The van der Waals surface area contributed by atoms with E-state index in [0.29, 0.717) is 0 Å². The lowest BCUT2D eigenvalue weighted by atomic mass is 9.82. The average Bonchev–Trinajstić information content (AvgIpc) is 3.69. The highest BCUT2D eigenvalue weighted by Crippen LogP contribution is 2.50. The van der Waals surface area contributed by atoms with Gasteiger partial charge in [-0.15, -0.1) is 0 Å². The minimum absolute atomic E-state index is 0.00715. The van der Waals surface area contributed by atoms with Crippen molar-refractivity contribution in [1.29, 1.82) is 0 Å². The molecular formula is C51H34O. The second-order valence-corrected chi connectivity index (χ2v) is 14.8. The monoisotopic (exact) mass is 662 g/mol. The van der Waals surface area contributed by atoms with Crippen molar-refractivity contribution in [3.8, 4) is 44.5 Å². The SMILES string of the molecule is CC1(C)c2ccccc2-c2cc(-c3ccc(-c4c5ccccc5c(-c5cccc6oc7c8ccccc8ccc7c56)c5ccccc45)cc3)ccc21. The first-order valence-electron chi connectivity index (χ1n) is 18.2. The zero-order valence-electron chi connectivity index (χ0n) is 29.1. The van der Waals surface area contributed by atoms with Crippen molar-refractivity contribution >= 4 is 54.3 Å². The van der Waals surface area contributed by atoms with Gasteiger partial charge in [0, 0.05) is 21.6 Å². The van der Waals surface area contributed by atoms with Gasteiger partial charge in [0.25, 0.3) is 0 Å². The molecule has 1 heteroatoms. The Hall–Kier alpha value is -6.44. The molecule has 52 heavy (non-hydrogen) atoms. The molecule has 10 aromatic rings. The fourth-order valence-corrected chi connectivity index (χ4v) is 9.22. The van der Waals surface area contributed by atoms with E-state index in [4.69, 9.17) is 4.42 Å².